The summed E-state index contributed by atoms with van der Waals surface area (Å²) in [7, 11) is 0. The second kappa shape index (κ2) is 8.70. The first-order valence-electron chi connectivity index (χ1n) is 10.4. The first kappa shape index (κ1) is 18.2. The van der Waals surface area contributed by atoms with E-state index in [9.17, 15) is 0 Å². The molecule has 5 nitrogen and oxygen atoms in total. The van der Waals surface area contributed by atoms with Gasteiger partial charge in [-0.3, -0.25) is 0 Å². The van der Waals surface area contributed by atoms with Crippen LogP contribution in [0.1, 0.15) is 43.1 Å². The van der Waals surface area contributed by atoms with Crippen molar-refractivity contribution in [2.45, 2.75) is 45.6 Å². The summed E-state index contributed by atoms with van der Waals surface area (Å²) in [4.78, 5) is 14.4. The van der Waals surface area contributed by atoms with Crippen LogP contribution in [0.5, 0.6) is 5.88 Å². The molecule has 0 unspecified atom stereocenters. The van der Waals surface area contributed by atoms with Crippen LogP contribution in [-0.2, 0) is 19.4 Å². The molecule has 144 valence electrons. The van der Waals surface area contributed by atoms with Crippen LogP contribution in [0.3, 0.4) is 0 Å². The fourth-order valence-electron chi connectivity index (χ4n) is 3.98. The molecule has 0 saturated carbocycles. The lowest BCUT2D eigenvalue weighted by atomic mass is 10.1. The third-order valence-corrected chi connectivity index (χ3v) is 5.57. The highest BCUT2D eigenvalue weighted by Crippen LogP contribution is 2.24. The molecule has 0 amide bonds. The van der Waals surface area contributed by atoms with Crippen LogP contribution in [-0.4, -0.2) is 47.7 Å². The van der Waals surface area contributed by atoms with Gasteiger partial charge in [-0.2, -0.15) is 0 Å². The first-order valence-corrected chi connectivity index (χ1v) is 10.4. The fourth-order valence-corrected chi connectivity index (χ4v) is 3.98. The Morgan fingerprint density at radius 1 is 1.04 bits per heavy atom. The number of pyridine rings is 2. The van der Waals surface area contributed by atoms with E-state index in [0.29, 0.717) is 0 Å². The lowest BCUT2D eigenvalue weighted by Crippen LogP contribution is -2.31. The van der Waals surface area contributed by atoms with Gasteiger partial charge in [0.15, 0.2) is 0 Å². The molecule has 2 aliphatic heterocycles. The Balaban J connectivity index is 1.32. The molecule has 0 bridgehead atoms. The zero-order chi connectivity index (χ0) is 18.5. The zero-order valence-electron chi connectivity index (χ0n) is 16.4. The number of hydrogen-bond donors (Lipinski definition) is 0. The van der Waals surface area contributed by atoms with E-state index >= 15 is 0 Å². The number of likely N-dealkylation sites (tertiary alicyclic amines) is 1. The molecule has 0 radical (unpaired) electrons. The van der Waals surface area contributed by atoms with E-state index in [1.807, 2.05) is 6.07 Å². The standard InChI is InChI=1S/C22H30N4O/c1-2-19-7-5-8-21(23-19)26-15-11-20-18(17-26)9-10-22(24-20)27-16-6-14-25-12-3-4-13-25/h5,7-10H,2-4,6,11-17H2,1H3. The summed E-state index contributed by atoms with van der Waals surface area (Å²) in [6, 6.07) is 10.5. The summed E-state index contributed by atoms with van der Waals surface area (Å²) in [5, 5.41) is 0. The van der Waals surface area contributed by atoms with Crippen molar-refractivity contribution in [3.8, 4) is 5.88 Å². The monoisotopic (exact) mass is 366 g/mol. The molecule has 0 spiro atoms. The van der Waals surface area contributed by atoms with Crippen molar-refractivity contribution >= 4 is 5.82 Å². The van der Waals surface area contributed by atoms with Crippen LogP contribution in [0.4, 0.5) is 5.82 Å². The Morgan fingerprint density at radius 3 is 2.78 bits per heavy atom. The highest BCUT2D eigenvalue weighted by atomic mass is 16.5. The molecule has 4 heterocycles. The Morgan fingerprint density at radius 2 is 1.93 bits per heavy atom. The van der Waals surface area contributed by atoms with Crippen LogP contribution in [0.25, 0.3) is 0 Å². The highest BCUT2D eigenvalue weighted by molar-refractivity contribution is 5.44. The van der Waals surface area contributed by atoms with Gasteiger partial charge in [0.05, 0.1) is 12.3 Å². The summed E-state index contributed by atoms with van der Waals surface area (Å²) in [5.41, 5.74) is 3.61. The maximum atomic E-state index is 5.91. The summed E-state index contributed by atoms with van der Waals surface area (Å²) in [6.45, 7) is 8.38. The van der Waals surface area contributed by atoms with E-state index in [0.717, 1.165) is 62.9 Å². The largest absolute Gasteiger partial charge is 0.478 e. The normalized spacial score (nSPS) is 17.1. The van der Waals surface area contributed by atoms with Gasteiger partial charge in [-0.05, 0) is 56.5 Å². The van der Waals surface area contributed by atoms with Gasteiger partial charge in [0.1, 0.15) is 5.82 Å². The van der Waals surface area contributed by atoms with E-state index in [4.69, 9.17) is 14.7 Å². The van der Waals surface area contributed by atoms with Gasteiger partial charge in [0.25, 0.3) is 0 Å². The summed E-state index contributed by atoms with van der Waals surface area (Å²) in [5.74, 6) is 1.84. The van der Waals surface area contributed by atoms with Crippen molar-refractivity contribution < 1.29 is 4.74 Å². The third-order valence-electron chi connectivity index (χ3n) is 5.57. The van der Waals surface area contributed by atoms with Crippen LogP contribution in [0.2, 0.25) is 0 Å². The number of fused-ring (bicyclic) bond motifs is 1. The fraction of sp³-hybridized carbons (Fsp3) is 0.545. The predicted octanol–water partition coefficient (Wildman–Crippen LogP) is 3.47. The highest BCUT2D eigenvalue weighted by Gasteiger charge is 2.19. The van der Waals surface area contributed by atoms with E-state index in [1.165, 1.54) is 37.2 Å². The van der Waals surface area contributed by atoms with Crippen molar-refractivity contribution in [2.24, 2.45) is 0 Å². The van der Waals surface area contributed by atoms with Gasteiger partial charge in [-0.1, -0.05) is 19.1 Å². The molecule has 0 aromatic carbocycles. The van der Waals surface area contributed by atoms with Gasteiger partial charge in [-0.15, -0.1) is 0 Å². The van der Waals surface area contributed by atoms with Crippen molar-refractivity contribution in [3.05, 3.63) is 47.3 Å². The van der Waals surface area contributed by atoms with Crippen molar-refractivity contribution in [3.63, 3.8) is 0 Å². The molecule has 2 aromatic rings. The number of nitrogens with zero attached hydrogens (tertiary/aromatic N) is 4. The Hall–Kier alpha value is -2.14. The summed E-state index contributed by atoms with van der Waals surface area (Å²) in [6.07, 6.45) is 5.69. The van der Waals surface area contributed by atoms with Gasteiger partial charge < -0.3 is 14.5 Å². The molecule has 5 heteroatoms. The maximum absolute atomic E-state index is 5.91. The molecule has 27 heavy (non-hydrogen) atoms. The smallest absolute Gasteiger partial charge is 0.213 e. The quantitative estimate of drug-likeness (QED) is 0.702. The molecule has 1 fully saturated rings. The Kier molecular flexibility index (Phi) is 5.87. The molecule has 2 aromatic heterocycles. The summed E-state index contributed by atoms with van der Waals surface area (Å²) >= 11 is 0. The van der Waals surface area contributed by atoms with Crippen LogP contribution >= 0.6 is 0 Å². The number of aryl methyl sites for hydroxylation is 1. The number of anilines is 1. The Labute approximate surface area is 162 Å². The predicted molar refractivity (Wildman–Crippen MR) is 108 cm³/mol. The second-order valence-corrected chi connectivity index (χ2v) is 7.52. The van der Waals surface area contributed by atoms with Gasteiger partial charge in [0, 0.05) is 37.8 Å². The SMILES string of the molecule is CCc1cccc(N2CCc3nc(OCCCN4CCCC4)ccc3C2)n1. The number of hydrogen-bond acceptors (Lipinski definition) is 5. The molecule has 0 aliphatic carbocycles. The first-order chi connectivity index (χ1) is 13.3. The lowest BCUT2D eigenvalue weighted by Gasteiger charge is -2.29. The van der Waals surface area contributed by atoms with E-state index in [1.54, 1.807) is 0 Å². The maximum Gasteiger partial charge on any atom is 0.213 e. The molecule has 0 atom stereocenters. The van der Waals surface area contributed by atoms with Crippen LogP contribution in [0.15, 0.2) is 30.3 Å². The molecule has 0 N–H and O–H groups in total. The van der Waals surface area contributed by atoms with Gasteiger partial charge in [-0.25, -0.2) is 9.97 Å². The average Bonchev–Trinajstić information content (AvgIpc) is 3.24. The molecular weight excluding hydrogens is 336 g/mol. The minimum atomic E-state index is 0.752. The van der Waals surface area contributed by atoms with Gasteiger partial charge >= 0.3 is 0 Å². The van der Waals surface area contributed by atoms with Crippen molar-refractivity contribution in [2.75, 3.05) is 37.7 Å². The average molecular weight is 367 g/mol. The number of ether oxygens (including phenoxy) is 1. The Bertz CT molecular complexity index is 758. The summed E-state index contributed by atoms with van der Waals surface area (Å²) < 4.78 is 5.91. The van der Waals surface area contributed by atoms with Crippen molar-refractivity contribution in [1.82, 2.24) is 14.9 Å². The van der Waals surface area contributed by atoms with Crippen molar-refractivity contribution in [1.29, 1.82) is 0 Å². The number of aromatic nitrogens is 2. The topological polar surface area (TPSA) is 41.5 Å². The van der Waals surface area contributed by atoms with E-state index < -0.39 is 0 Å². The van der Waals surface area contributed by atoms with Crippen LogP contribution < -0.4 is 9.64 Å². The zero-order valence-corrected chi connectivity index (χ0v) is 16.4. The van der Waals surface area contributed by atoms with Gasteiger partial charge in [0.2, 0.25) is 5.88 Å². The van der Waals surface area contributed by atoms with E-state index in [-0.39, 0.29) is 0 Å². The lowest BCUT2D eigenvalue weighted by molar-refractivity contribution is 0.256. The molecule has 2 aliphatic rings. The van der Waals surface area contributed by atoms with E-state index in [2.05, 4.69) is 41.0 Å². The van der Waals surface area contributed by atoms with Crippen LogP contribution in [0, 0.1) is 0 Å². The minimum Gasteiger partial charge on any atom is -0.478 e. The molecule has 4 rings (SSSR count). The minimum absolute atomic E-state index is 0.752. The second-order valence-electron chi connectivity index (χ2n) is 7.52. The third kappa shape index (κ3) is 4.59. The molecule has 1 saturated heterocycles. The molecular formula is C22H30N4O. The number of rotatable bonds is 7.